The summed E-state index contributed by atoms with van der Waals surface area (Å²) in [6.07, 6.45) is 4.69. The molecule has 2 saturated heterocycles. The van der Waals surface area contributed by atoms with Crippen molar-refractivity contribution in [3.63, 3.8) is 0 Å². The molecule has 0 aromatic carbocycles. The molecule has 13 heteroatoms. The van der Waals surface area contributed by atoms with Gasteiger partial charge in [-0.25, -0.2) is 18.7 Å². The molecular weight excluding hydrogens is 514 g/mol. The van der Waals surface area contributed by atoms with E-state index in [0.29, 0.717) is 36.7 Å². The fourth-order valence-corrected chi connectivity index (χ4v) is 7.40. The number of carboxylic acids is 1. The Morgan fingerprint density at radius 2 is 2.11 bits per heavy atom. The third-order valence-electron chi connectivity index (χ3n) is 7.54. The number of aliphatic hydroxyl groups is 1. The molecule has 4 rings (SSSR count). The first-order chi connectivity index (χ1) is 18.0. The van der Waals surface area contributed by atoms with E-state index in [4.69, 9.17) is 10.5 Å². The molecule has 0 radical (unpaired) electrons. The second-order valence-corrected chi connectivity index (χ2v) is 11.3. The number of thioether (sulfide) groups is 1. The number of nitrogens with two attached hydrogens (primary N) is 1. The fourth-order valence-electron chi connectivity index (χ4n) is 5.84. The van der Waals surface area contributed by atoms with Gasteiger partial charge in [-0.2, -0.15) is 0 Å². The number of aryl methyl sites for hydroxylation is 2. The number of imidazole rings is 1. The Kier molecular flexibility index (Phi) is 7.88. The van der Waals surface area contributed by atoms with Crippen LogP contribution in [0.1, 0.15) is 37.3 Å². The molecule has 0 bridgehead atoms. The number of hydrogen-bond acceptors (Lipinski definition) is 7. The van der Waals surface area contributed by atoms with E-state index in [9.17, 15) is 29.4 Å². The predicted octanol–water partition coefficient (Wildman–Crippen LogP) is 0.454. The number of fused-ring (bicyclic) bond motifs is 1. The van der Waals surface area contributed by atoms with E-state index in [-0.39, 0.29) is 35.4 Å². The number of primary amides is 1. The Morgan fingerprint density at radius 3 is 2.71 bits per heavy atom. The zero-order valence-corrected chi connectivity index (χ0v) is 22.5. The van der Waals surface area contributed by atoms with Crippen molar-refractivity contribution in [3.8, 4) is 0 Å². The van der Waals surface area contributed by atoms with Crippen molar-refractivity contribution in [1.82, 2.24) is 14.4 Å². The number of carbonyl (C=O) groups excluding carboxylic acids is 3. The first-order valence-electron chi connectivity index (χ1n) is 12.5. The summed E-state index contributed by atoms with van der Waals surface area (Å²) in [4.78, 5) is 53.1. The zero-order valence-electron chi connectivity index (χ0n) is 21.6. The summed E-state index contributed by atoms with van der Waals surface area (Å²) in [5.74, 6) is -2.68. The van der Waals surface area contributed by atoms with Crippen molar-refractivity contribution in [2.75, 3.05) is 13.2 Å². The van der Waals surface area contributed by atoms with Crippen LogP contribution in [-0.2, 0) is 27.9 Å². The number of hydrogen-bond donors (Lipinski definition) is 3. The number of ether oxygens (including phenoxy) is 1. The van der Waals surface area contributed by atoms with E-state index in [1.165, 1.54) is 22.7 Å². The molecule has 3 aliphatic rings. The van der Waals surface area contributed by atoms with Crippen molar-refractivity contribution in [2.45, 2.75) is 56.7 Å². The second kappa shape index (κ2) is 10.8. The number of aliphatic hydroxyl groups excluding tert-OH is 1. The van der Waals surface area contributed by atoms with Crippen LogP contribution in [0, 0.1) is 11.8 Å². The van der Waals surface area contributed by atoms with Gasteiger partial charge >= 0.3 is 23.8 Å². The molecule has 1 aromatic rings. The monoisotopic (exact) mass is 548 g/mol. The minimum Gasteiger partial charge on any atom is -0.477 e. The van der Waals surface area contributed by atoms with Gasteiger partial charge in [-0.3, -0.25) is 9.59 Å². The Labute approximate surface area is 224 Å². The number of aromatic nitrogens is 2. The minimum absolute atomic E-state index is 0.0374. The molecule has 12 nitrogen and oxygen atoms in total. The van der Waals surface area contributed by atoms with E-state index < -0.39 is 36.0 Å². The van der Waals surface area contributed by atoms with Crippen LogP contribution in [0.3, 0.4) is 0 Å². The normalized spacial score (nSPS) is 27.3. The summed E-state index contributed by atoms with van der Waals surface area (Å²) in [7, 11) is 1.73. The third kappa shape index (κ3) is 4.80. The molecule has 0 aliphatic carbocycles. The number of likely N-dealkylation sites (tertiary alicyclic amines) is 1. The van der Waals surface area contributed by atoms with Crippen molar-refractivity contribution >= 4 is 35.6 Å². The van der Waals surface area contributed by atoms with Gasteiger partial charge in [-0.15, -0.1) is 11.8 Å². The molecule has 206 valence electrons. The molecule has 4 heterocycles. The first-order valence-corrected chi connectivity index (χ1v) is 13.4. The standard InChI is InChI=1S/C25H33N5O7S/c1-5-10-37-25(36)29-12-16(11-15(29)6-7-28-9-8-27(4)22(28)21(26)32)38-20-13(2)18-17(14(3)31)23(33)30(18)19(20)24(34)35/h5,8-9,13-18,31H,1,6-7,10-12H2,2-4H3,(H2-,26,32,34,35)/p+1/t13-,14-,15-,16+,17-,18-/m1/s1. The lowest BCUT2D eigenvalue weighted by molar-refractivity contribution is -0.673. The summed E-state index contributed by atoms with van der Waals surface area (Å²) in [6, 6.07) is -0.628. The van der Waals surface area contributed by atoms with Gasteiger partial charge in [0.1, 0.15) is 24.7 Å². The number of nitrogens with zero attached hydrogens (tertiary/aromatic N) is 4. The average molecular weight is 549 g/mol. The van der Waals surface area contributed by atoms with Crippen LogP contribution in [0.2, 0.25) is 0 Å². The number of carboxylic acid groups (broad SMARTS) is 1. The summed E-state index contributed by atoms with van der Waals surface area (Å²) in [6.45, 7) is 7.82. The summed E-state index contributed by atoms with van der Waals surface area (Å²) >= 11 is 1.37. The number of carbonyl (C=O) groups is 4. The van der Waals surface area contributed by atoms with Gasteiger partial charge in [0.05, 0.1) is 31.7 Å². The van der Waals surface area contributed by atoms with Crippen LogP contribution in [-0.4, -0.2) is 85.0 Å². The number of aliphatic carboxylic acids is 1. The molecule has 3 aliphatic heterocycles. The highest BCUT2D eigenvalue weighted by Gasteiger charge is 2.60. The molecule has 4 N–H and O–H groups in total. The maximum atomic E-state index is 12.9. The Morgan fingerprint density at radius 1 is 1.39 bits per heavy atom. The minimum atomic E-state index is -1.18. The number of rotatable bonds is 10. The van der Waals surface area contributed by atoms with Crippen LogP contribution in [0.4, 0.5) is 4.79 Å². The van der Waals surface area contributed by atoms with E-state index in [1.54, 1.807) is 40.4 Å². The second-order valence-electron chi connectivity index (χ2n) is 10.00. The Bertz CT molecular complexity index is 1190. The van der Waals surface area contributed by atoms with Crippen LogP contribution in [0.5, 0.6) is 0 Å². The van der Waals surface area contributed by atoms with Gasteiger partial charge in [0.25, 0.3) is 0 Å². The smallest absolute Gasteiger partial charge is 0.410 e. The maximum Gasteiger partial charge on any atom is 0.410 e. The lowest BCUT2D eigenvalue weighted by Crippen LogP contribution is -2.63. The molecule has 0 spiro atoms. The van der Waals surface area contributed by atoms with Crippen LogP contribution < -0.4 is 10.3 Å². The third-order valence-corrected chi connectivity index (χ3v) is 9.03. The molecule has 3 amide bonds. The van der Waals surface area contributed by atoms with E-state index in [2.05, 4.69) is 6.58 Å². The molecule has 0 saturated carbocycles. The quantitative estimate of drug-likeness (QED) is 0.216. The fraction of sp³-hybridized carbons (Fsp3) is 0.560. The number of amides is 3. The van der Waals surface area contributed by atoms with Gasteiger partial charge in [0, 0.05) is 35.1 Å². The van der Waals surface area contributed by atoms with Gasteiger partial charge in [0.15, 0.2) is 0 Å². The molecule has 1 aromatic heterocycles. The van der Waals surface area contributed by atoms with Crippen molar-refractivity contribution in [1.29, 1.82) is 0 Å². The van der Waals surface area contributed by atoms with E-state index in [1.807, 2.05) is 6.92 Å². The molecule has 0 unspecified atom stereocenters. The molecule has 2 fully saturated rings. The molecule has 38 heavy (non-hydrogen) atoms. The lowest BCUT2D eigenvalue weighted by Gasteiger charge is -2.46. The SMILES string of the molecule is C=CCOC(=O)N1C[C@@H](SC2=C(C(=O)O)N3C(=O)[C@H]([C@@H](C)O)[C@H]3[C@H]2C)C[C@H]1CCn1cc[n+](C)c1C(N)=O. The lowest BCUT2D eigenvalue weighted by atomic mass is 9.79. The summed E-state index contributed by atoms with van der Waals surface area (Å²) < 4.78 is 8.69. The first kappa shape index (κ1) is 27.7. The molecular formula is C25H34N5O7S+. The van der Waals surface area contributed by atoms with Crippen LogP contribution in [0.25, 0.3) is 0 Å². The Balaban J connectivity index is 1.54. The van der Waals surface area contributed by atoms with Crippen molar-refractivity contribution in [2.24, 2.45) is 24.6 Å². The Hall–Kier alpha value is -3.32. The highest BCUT2D eigenvalue weighted by molar-refractivity contribution is 8.03. The van der Waals surface area contributed by atoms with Gasteiger partial charge in [0.2, 0.25) is 5.91 Å². The summed E-state index contributed by atoms with van der Waals surface area (Å²) in [5, 5.41) is 19.9. The summed E-state index contributed by atoms with van der Waals surface area (Å²) in [5.41, 5.74) is 5.49. The highest BCUT2D eigenvalue weighted by atomic mass is 32.2. The largest absolute Gasteiger partial charge is 0.477 e. The highest BCUT2D eigenvalue weighted by Crippen LogP contribution is 2.52. The predicted molar refractivity (Wildman–Crippen MR) is 136 cm³/mol. The van der Waals surface area contributed by atoms with Crippen LogP contribution in [0.15, 0.2) is 35.7 Å². The maximum absolute atomic E-state index is 12.9. The van der Waals surface area contributed by atoms with Crippen molar-refractivity contribution < 1.29 is 38.7 Å². The van der Waals surface area contributed by atoms with Gasteiger partial charge in [-0.1, -0.05) is 19.6 Å². The topological polar surface area (TPSA) is 159 Å². The zero-order chi connectivity index (χ0) is 27.9. The van der Waals surface area contributed by atoms with E-state index in [0.717, 1.165) is 0 Å². The van der Waals surface area contributed by atoms with Crippen molar-refractivity contribution in [3.05, 3.63) is 41.5 Å². The van der Waals surface area contributed by atoms with E-state index >= 15 is 0 Å². The molecule has 6 atom stereocenters. The number of β-lactam (4-membered cyclic amide) rings is 1. The van der Waals surface area contributed by atoms with Gasteiger partial charge < -0.3 is 30.5 Å². The average Bonchev–Trinajstić information content (AvgIpc) is 3.49. The van der Waals surface area contributed by atoms with Gasteiger partial charge in [-0.05, 0) is 13.3 Å². The van der Waals surface area contributed by atoms with Crippen LogP contribution >= 0.6 is 11.8 Å².